The summed E-state index contributed by atoms with van der Waals surface area (Å²) in [5, 5.41) is 0. The van der Waals surface area contributed by atoms with Crippen LogP contribution in [0.15, 0.2) is 0 Å². The van der Waals surface area contributed by atoms with Gasteiger partial charge in [0.05, 0.1) is 0 Å². The molecule has 0 N–H and O–H groups in total. The van der Waals surface area contributed by atoms with Crippen molar-refractivity contribution in [1.82, 2.24) is 4.90 Å². The average molecular weight is 153 g/mol. The highest BCUT2D eigenvalue weighted by molar-refractivity contribution is 5.07. The van der Waals surface area contributed by atoms with E-state index >= 15 is 0 Å². The molecule has 0 amide bonds. The molecule has 2 atom stereocenters. The highest BCUT2D eigenvalue weighted by Gasteiger charge is 2.57. The van der Waals surface area contributed by atoms with E-state index in [-0.39, 0.29) is 0 Å². The van der Waals surface area contributed by atoms with Crippen LogP contribution >= 0.6 is 0 Å². The minimum atomic E-state index is 0.743. The van der Waals surface area contributed by atoms with Gasteiger partial charge in [-0.3, -0.25) is 0 Å². The molecule has 11 heavy (non-hydrogen) atoms. The summed E-state index contributed by atoms with van der Waals surface area (Å²) < 4.78 is 0. The fourth-order valence-corrected chi connectivity index (χ4v) is 2.83. The van der Waals surface area contributed by atoms with E-state index in [1.54, 1.807) is 0 Å². The summed E-state index contributed by atoms with van der Waals surface area (Å²) >= 11 is 0. The van der Waals surface area contributed by atoms with E-state index in [9.17, 15) is 0 Å². The van der Waals surface area contributed by atoms with Gasteiger partial charge in [0.25, 0.3) is 0 Å². The van der Waals surface area contributed by atoms with Crippen molar-refractivity contribution >= 4 is 0 Å². The Kier molecular flexibility index (Phi) is 1.54. The molecular weight excluding hydrogens is 134 g/mol. The number of nitrogens with zero attached hydrogens (tertiary/aromatic N) is 1. The summed E-state index contributed by atoms with van der Waals surface area (Å²) in [6.07, 6.45) is 2.96. The van der Waals surface area contributed by atoms with Gasteiger partial charge in [-0.1, -0.05) is 13.8 Å². The molecule has 0 radical (unpaired) electrons. The second kappa shape index (κ2) is 2.22. The molecule has 0 aromatic heterocycles. The maximum atomic E-state index is 2.50. The molecule has 2 fully saturated rings. The van der Waals surface area contributed by atoms with Crippen molar-refractivity contribution in [1.29, 1.82) is 0 Å². The zero-order valence-electron chi connectivity index (χ0n) is 7.93. The number of piperidine rings is 1. The fraction of sp³-hybridized carbons (Fsp3) is 1.00. The van der Waals surface area contributed by atoms with Crippen molar-refractivity contribution in [2.75, 3.05) is 20.1 Å². The lowest BCUT2D eigenvalue weighted by Crippen LogP contribution is -2.36. The average Bonchev–Trinajstić information content (AvgIpc) is 2.62. The van der Waals surface area contributed by atoms with E-state index in [1.807, 2.05) is 0 Å². The Morgan fingerprint density at radius 2 is 2.18 bits per heavy atom. The van der Waals surface area contributed by atoms with Gasteiger partial charge in [-0.05, 0) is 43.7 Å². The van der Waals surface area contributed by atoms with E-state index in [1.165, 1.54) is 25.9 Å². The molecule has 0 aromatic rings. The predicted octanol–water partition coefficient (Wildman–Crippen LogP) is 1.98. The molecule has 1 saturated carbocycles. The van der Waals surface area contributed by atoms with Crippen molar-refractivity contribution in [2.45, 2.75) is 26.7 Å². The molecule has 0 spiro atoms. The second-order valence-corrected chi connectivity index (χ2v) is 4.82. The smallest absolute Gasteiger partial charge is 0.00401 e. The Morgan fingerprint density at radius 1 is 1.45 bits per heavy atom. The molecule has 2 rings (SSSR count). The zero-order chi connectivity index (χ0) is 8.06. The molecular formula is C10H19N. The Labute approximate surface area is 69.8 Å². The van der Waals surface area contributed by atoms with Crippen molar-refractivity contribution in [3.8, 4) is 0 Å². The van der Waals surface area contributed by atoms with Crippen molar-refractivity contribution in [2.24, 2.45) is 17.3 Å². The Bertz CT molecular complexity index is 164. The van der Waals surface area contributed by atoms with Crippen LogP contribution in [0.25, 0.3) is 0 Å². The summed E-state index contributed by atoms with van der Waals surface area (Å²) in [6.45, 7) is 7.47. The van der Waals surface area contributed by atoms with Gasteiger partial charge in [0.1, 0.15) is 0 Å². The predicted molar refractivity (Wildman–Crippen MR) is 47.5 cm³/mol. The number of likely N-dealkylation sites (tertiary alicyclic amines) is 1. The van der Waals surface area contributed by atoms with Crippen LogP contribution < -0.4 is 0 Å². The monoisotopic (exact) mass is 153 g/mol. The lowest BCUT2D eigenvalue weighted by Gasteiger charge is -2.32. The number of hydrogen-bond donors (Lipinski definition) is 0. The van der Waals surface area contributed by atoms with Crippen LogP contribution in [0.4, 0.5) is 0 Å². The third-order valence-corrected chi connectivity index (χ3v) is 3.85. The molecule has 1 nitrogen and oxygen atoms in total. The first-order valence-electron chi connectivity index (χ1n) is 4.84. The lowest BCUT2D eigenvalue weighted by molar-refractivity contribution is 0.157. The Balaban J connectivity index is 2.06. The first-order chi connectivity index (χ1) is 5.15. The molecule has 64 valence electrons. The first-order valence-corrected chi connectivity index (χ1v) is 4.84. The molecule has 1 aliphatic heterocycles. The summed E-state index contributed by atoms with van der Waals surface area (Å²) in [4.78, 5) is 2.50. The quantitative estimate of drug-likeness (QED) is 0.557. The largest absolute Gasteiger partial charge is 0.306 e. The Morgan fingerprint density at radius 3 is 2.73 bits per heavy atom. The molecule has 2 aliphatic rings. The van der Waals surface area contributed by atoms with E-state index in [0.29, 0.717) is 0 Å². The molecule has 1 heteroatoms. The lowest BCUT2D eigenvalue weighted by atomic mass is 9.86. The SMILES string of the molecule is CC(C)C12CC1CCN(C)C2. The van der Waals surface area contributed by atoms with Crippen molar-refractivity contribution in [3.05, 3.63) is 0 Å². The minimum absolute atomic E-state index is 0.743. The maximum absolute atomic E-state index is 2.50. The third-order valence-electron chi connectivity index (χ3n) is 3.85. The topological polar surface area (TPSA) is 3.24 Å². The van der Waals surface area contributed by atoms with Gasteiger partial charge in [0.15, 0.2) is 0 Å². The molecule has 1 saturated heterocycles. The standard InChI is InChI=1S/C10H19N/c1-8(2)10-6-9(10)4-5-11(3)7-10/h8-9H,4-7H2,1-3H3. The highest BCUT2D eigenvalue weighted by atomic mass is 15.1. The second-order valence-electron chi connectivity index (χ2n) is 4.82. The minimum Gasteiger partial charge on any atom is -0.306 e. The zero-order valence-corrected chi connectivity index (χ0v) is 7.93. The van der Waals surface area contributed by atoms with Gasteiger partial charge in [0.2, 0.25) is 0 Å². The van der Waals surface area contributed by atoms with Crippen LogP contribution in [-0.4, -0.2) is 25.0 Å². The van der Waals surface area contributed by atoms with E-state index in [0.717, 1.165) is 17.3 Å². The molecule has 1 aliphatic carbocycles. The van der Waals surface area contributed by atoms with Crippen LogP contribution in [-0.2, 0) is 0 Å². The molecule has 1 heterocycles. The van der Waals surface area contributed by atoms with Crippen LogP contribution in [0.3, 0.4) is 0 Å². The first kappa shape index (κ1) is 7.60. The molecule has 0 aromatic carbocycles. The van der Waals surface area contributed by atoms with Gasteiger partial charge >= 0.3 is 0 Å². The van der Waals surface area contributed by atoms with Crippen LogP contribution in [0, 0.1) is 17.3 Å². The van der Waals surface area contributed by atoms with Gasteiger partial charge in [0, 0.05) is 6.54 Å². The van der Waals surface area contributed by atoms with Crippen LogP contribution in [0.1, 0.15) is 26.7 Å². The van der Waals surface area contributed by atoms with Gasteiger partial charge in [-0.2, -0.15) is 0 Å². The van der Waals surface area contributed by atoms with Gasteiger partial charge in [-0.25, -0.2) is 0 Å². The third kappa shape index (κ3) is 1.01. The Hall–Kier alpha value is -0.0400. The fourth-order valence-electron chi connectivity index (χ4n) is 2.83. The summed E-state index contributed by atoms with van der Waals surface area (Å²) in [6, 6.07) is 0. The summed E-state index contributed by atoms with van der Waals surface area (Å²) in [5.41, 5.74) is 0.743. The van der Waals surface area contributed by atoms with Crippen molar-refractivity contribution < 1.29 is 0 Å². The number of hydrogen-bond acceptors (Lipinski definition) is 1. The van der Waals surface area contributed by atoms with Crippen LogP contribution in [0.5, 0.6) is 0 Å². The van der Waals surface area contributed by atoms with Crippen LogP contribution in [0.2, 0.25) is 0 Å². The van der Waals surface area contributed by atoms with Crippen molar-refractivity contribution in [3.63, 3.8) is 0 Å². The van der Waals surface area contributed by atoms with E-state index in [4.69, 9.17) is 0 Å². The van der Waals surface area contributed by atoms with Gasteiger partial charge in [-0.15, -0.1) is 0 Å². The summed E-state index contributed by atoms with van der Waals surface area (Å²) in [5.74, 6) is 1.98. The molecule has 0 bridgehead atoms. The normalized spacial score (nSPS) is 44.2. The molecule has 2 unspecified atom stereocenters. The summed E-state index contributed by atoms with van der Waals surface area (Å²) in [7, 11) is 2.26. The van der Waals surface area contributed by atoms with E-state index < -0.39 is 0 Å². The van der Waals surface area contributed by atoms with Gasteiger partial charge < -0.3 is 4.90 Å². The highest BCUT2D eigenvalue weighted by Crippen LogP contribution is 2.61. The maximum Gasteiger partial charge on any atom is 0.00401 e. The number of rotatable bonds is 1. The van der Waals surface area contributed by atoms with E-state index in [2.05, 4.69) is 25.8 Å². The number of fused-ring (bicyclic) bond motifs is 1.